The maximum atomic E-state index is 4.58. The first-order valence-corrected chi connectivity index (χ1v) is 8.28. The highest BCUT2D eigenvalue weighted by molar-refractivity contribution is 7.13. The van der Waals surface area contributed by atoms with Crippen LogP contribution in [-0.2, 0) is 0 Å². The van der Waals surface area contributed by atoms with E-state index in [0.717, 1.165) is 33.6 Å². The molecule has 5 nitrogen and oxygen atoms in total. The number of nitrogens with zero attached hydrogens (tertiary/aromatic N) is 4. The highest BCUT2D eigenvalue weighted by Gasteiger charge is 2.05. The minimum Gasteiger partial charge on any atom is -0.325 e. The molecule has 0 saturated carbocycles. The summed E-state index contributed by atoms with van der Waals surface area (Å²) in [6, 6.07) is 15.5. The summed E-state index contributed by atoms with van der Waals surface area (Å²) in [5, 5.41) is 6.06. The molecule has 8 heteroatoms. The lowest BCUT2D eigenvalue weighted by Gasteiger charge is -2.07. The third kappa shape index (κ3) is 4.54. The molecule has 4 aromatic heterocycles. The maximum absolute atomic E-state index is 4.58. The summed E-state index contributed by atoms with van der Waals surface area (Å²) in [6.07, 6.45) is 5.35. The van der Waals surface area contributed by atoms with E-state index in [2.05, 4.69) is 25.3 Å². The van der Waals surface area contributed by atoms with Crippen molar-refractivity contribution in [1.29, 1.82) is 0 Å². The van der Waals surface area contributed by atoms with Crippen LogP contribution in [0.2, 0.25) is 0 Å². The minimum atomic E-state index is 0. The van der Waals surface area contributed by atoms with Crippen molar-refractivity contribution >= 4 is 47.8 Å². The molecule has 132 valence electrons. The van der Waals surface area contributed by atoms with Crippen molar-refractivity contribution in [2.45, 2.75) is 0 Å². The molecule has 0 saturated heterocycles. The monoisotopic (exact) mass is 403 g/mol. The van der Waals surface area contributed by atoms with E-state index in [0.29, 0.717) is 0 Å². The Morgan fingerprint density at radius 1 is 0.731 bits per heavy atom. The number of pyridine rings is 3. The summed E-state index contributed by atoms with van der Waals surface area (Å²) in [6.45, 7) is 0. The number of hydrogen-bond donors (Lipinski definition) is 1. The third-order valence-corrected chi connectivity index (χ3v) is 4.18. The van der Waals surface area contributed by atoms with Crippen LogP contribution in [0.5, 0.6) is 0 Å². The second kappa shape index (κ2) is 9.24. The van der Waals surface area contributed by atoms with E-state index in [-0.39, 0.29) is 24.8 Å². The summed E-state index contributed by atoms with van der Waals surface area (Å²) in [4.78, 5) is 17.6. The number of aromatic nitrogens is 4. The molecule has 0 aliphatic carbocycles. The van der Waals surface area contributed by atoms with Gasteiger partial charge in [-0.25, -0.2) is 15.0 Å². The fourth-order valence-electron chi connectivity index (χ4n) is 2.26. The van der Waals surface area contributed by atoms with Gasteiger partial charge in [0.15, 0.2) is 0 Å². The van der Waals surface area contributed by atoms with Crippen LogP contribution in [-0.4, -0.2) is 19.9 Å². The van der Waals surface area contributed by atoms with Gasteiger partial charge in [0, 0.05) is 29.5 Å². The van der Waals surface area contributed by atoms with Gasteiger partial charge in [-0.2, -0.15) is 0 Å². The van der Waals surface area contributed by atoms with Crippen LogP contribution in [0, 0.1) is 0 Å². The van der Waals surface area contributed by atoms with Crippen LogP contribution in [0.4, 0.5) is 11.6 Å². The van der Waals surface area contributed by atoms with E-state index in [1.807, 2.05) is 53.9 Å². The van der Waals surface area contributed by atoms with E-state index in [4.69, 9.17) is 0 Å². The summed E-state index contributed by atoms with van der Waals surface area (Å²) in [5.74, 6) is 1.47. The minimum absolute atomic E-state index is 0. The molecular weight excluding hydrogens is 389 g/mol. The van der Waals surface area contributed by atoms with E-state index in [1.54, 1.807) is 29.9 Å². The van der Waals surface area contributed by atoms with Gasteiger partial charge in [0.1, 0.15) is 22.3 Å². The zero-order valence-corrected chi connectivity index (χ0v) is 15.9. The van der Waals surface area contributed by atoms with Crippen molar-refractivity contribution in [3.05, 3.63) is 72.5 Å². The van der Waals surface area contributed by atoms with Gasteiger partial charge in [0.25, 0.3) is 0 Å². The van der Waals surface area contributed by atoms with Crippen LogP contribution < -0.4 is 5.32 Å². The van der Waals surface area contributed by atoms with Gasteiger partial charge in [-0.3, -0.25) is 4.98 Å². The fraction of sp³-hybridized carbons (Fsp3) is 0. The predicted molar refractivity (Wildman–Crippen MR) is 111 cm³/mol. The largest absolute Gasteiger partial charge is 0.325 e. The zero-order chi connectivity index (χ0) is 16.2. The van der Waals surface area contributed by atoms with Crippen molar-refractivity contribution in [2.24, 2.45) is 0 Å². The Morgan fingerprint density at radius 3 is 2.31 bits per heavy atom. The number of anilines is 2. The van der Waals surface area contributed by atoms with Crippen molar-refractivity contribution < 1.29 is 0 Å². The van der Waals surface area contributed by atoms with E-state index in [9.17, 15) is 0 Å². The molecule has 4 rings (SSSR count). The molecule has 4 aromatic rings. The Bertz CT molecular complexity index is 931. The second-order valence-corrected chi connectivity index (χ2v) is 5.91. The van der Waals surface area contributed by atoms with Crippen LogP contribution in [0.25, 0.3) is 22.0 Å². The predicted octanol–water partition coefficient (Wildman–Crippen LogP) is 5.25. The summed E-state index contributed by atoms with van der Waals surface area (Å²) >= 11 is 1.57. The number of thiazole rings is 1. The summed E-state index contributed by atoms with van der Waals surface area (Å²) in [7, 11) is 0. The van der Waals surface area contributed by atoms with Crippen LogP contribution in [0.1, 0.15) is 0 Å². The molecule has 0 amide bonds. The van der Waals surface area contributed by atoms with E-state index >= 15 is 0 Å². The van der Waals surface area contributed by atoms with Gasteiger partial charge >= 0.3 is 0 Å². The Balaban J connectivity index is 0.00000121. The molecule has 0 radical (unpaired) electrons. The lowest BCUT2D eigenvalue weighted by atomic mass is 10.2. The Morgan fingerprint density at radius 2 is 1.62 bits per heavy atom. The lowest BCUT2D eigenvalue weighted by Crippen LogP contribution is -1.97. The molecule has 0 bridgehead atoms. The highest BCUT2D eigenvalue weighted by atomic mass is 35.5. The van der Waals surface area contributed by atoms with Gasteiger partial charge in [0.05, 0.1) is 5.69 Å². The SMILES string of the molecule is Cl.Cl.c1ccc(-c2ccc(Nc3cccc(-c4nccs4)n3)nc2)nc1. The Kier molecular flexibility index (Phi) is 7.03. The topological polar surface area (TPSA) is 63.6 Å². The van der Waals surface area contributed by atoms with Gasteiger partial charge in [-0.05, 0) is 36.4 Å². The van der Waals surface area contributed by atoms with Gasteiger partial charge in [-0.1, -0.05) is 12.1 Å². The number of hydrogen-bond acceptors (Lipinski definition) is 6. The van der Waals surface area contributed by atoms with Crippen molar-refractivity contribution in [2.75, 3.05) is 5.32 Å². The van der Waals surface area contributed by atoms with Crippen molar-refractivity contribution in [3.63, 3.8) is 0 Å². The van der Waals surface area contributed by atoms with Crippen LogP contribution in [0.3, 0.4) is 0 Å². The van der Waals surface area contributed by atoms with Gasteiger partial charge in [-0.15, -0.1) is 36.2 Å². The smallest absolute Gasteiger partial charge is 0.141 e. The van der Waals surface area contributed by atoms with Crippen LogP contribution in [0.15, 0.2) is 72.5 Å². The second-order valence-electron chi connectivity index (χ2n) is 5.02. The van der Waals surface area contributed by atoms with Gasteiger partial charge < -0.3 is 5.32 Å². The number of halogens is 2. The first-order valence-electron chi connectivity index (χ1n) is 7.40. The van der Waals surface area contributed by atoms with Crippen molar-refractivity contribution in [1.82, 2.24) is 19.9 Å². The average molecular weight is 404 g/mol. The summed E-state index contributed by atoms with van der Waals surface area (Å²) < 4.78 is 0. The molecule has 0 spiro atoms. The number of rotatable bonds is 4. The molecule has 26 heavy (non-hydrogen) atoms. The lowest BCUT2D eigenvalue weighted by molar-refractivity contribution is 1.23. The maximum Gasteiger partial charge on any atom is 0.141 e. The molecule has 0 aliphatic rings. The Labute approximate surface area is 167 Å². The molecule has 4 heterocycles. The zero-order valence-electron chi connectivity index (χ0n) is 13.4. The number of nitrogens with one attached hydrogen (secondary N) is 1. The molecule has 0 aromatic carbocycles. The highest BCUT2D eigenvalue weighted by Crippen LogP contribution is 2.23. The van der Waals surface area contributed by atoms with Crippen LogP contribution >= 0.6 is 36.2 Å². The van der Waals surface area contributed by atoms with E-state index < -0.39 is 0 Å². The average Bonchev–Trinajstić information content (AvgIpc) is 3.18. The molecule has 0 atom stereocenters. The molecular formula is C18H15Cl2N5S. The van der Waals surface area contributed by atoms with Gasteiger partial charge in [0.2, 0.25) is 0 Å². The fourth-order valence-corrected chi connectivity index (χ4v) is 2.86. The molecule has 0 fully saturated rings. The van der Waals surface area contributed by atoms with E-state index in [1.165, 1.54) is 0 Å². The van der Waals surface area contributed by atoms with Crippen molar-refractivity contribution in [3.8, 4) is 22.0 Å². The normalized spacial score (nSPS) is 9.69. The molecule has 0 aliphatic heterocycles. The first-order chi connectivity index (χ1) is 11.9. The first kappa shape index (κ1) is 19.8. The summed E-state index contributed by atoms with van der Waals surface area (Å²) in [5.41, 5.74) is 2.73. The standard InChI is InChI=1S/C18H13N5S.2ClH/c1-2-9-19-14(4-1)13-7-8-16(21-12-13)23-17-6-3-5-15(22-17)18-20-10-11-24-18;;/h1-12H,(H,21,22,23);2*1H. The quantitative estimate of drug-likeness (QED) is 0.503. The molecule has 1 N–H and O–H groups in total. The third-order valence-electron chi connectivity index (χ3n) is 3.38. The Hall–Kier alpha value is -2.54. The molecule has 0 unspecified atom stereocenters.